The molecule has 2 unspecified atom stereocenters. The van der Waals surface area contributed by atoms with Crippen LogP contribution in [0.1, 0.15) is 24.8 Å². The van der Waals surface area contributed by atoms with E-state index in [2.05, 4.69) is 15.9 Å². The van der Waals surface area contributed by atoms with Gasteiger partial charge in [0, 0.05) is 17.4 Å². The predicted octanol–water partition coefficient (Wildman–Crippen LogP) is 2.16. The number of carbonyl (C=O) groups is 3. The highest BCUT2D eigenvalue weighted by Crippen LogP contribution is 2.24. The molecule has 0 spiro atoms. The summed E-state index contributed by atoms with van der Waals surface area (Å²) in [6.07, 6.45) is 1.10. The lowest BCUT2D eigenvalue weighted by molar-refractivity contribution is -0.157. The van der Waals surface area contributed by atoms with Crippen LogP contribution in [0.3, 0.4) is 0 Å². The second kappa shape index (κ2) is 7.59. The first-order valence-corrected chi connectivity index (χ1v) is 8.17. The number of hydrogen-bond acceptors (Lipinski definition) is 3. The van der Waals surface area contributed by atoms with Gasteiger partial charge in [-0.1, -0.05) is 28.1 Å². The molecular formula is C16H18BrNO5. The number of aryl methyl sites for hydroxylation is 1. The fraction of sp³-hybridized carbons (Fsp3) is 0.438. The summed E-state index contributed by atoms with van der Waals surface area (Å²) >= 11 is 3.36. The lowest BCUT2D eigenvalue weighted by Crippen LogP contribution is -2.52. The smallest absolute Gasteiger partial charge is 0.326 e. The van der Waals surface area contributed by atoms with Gasteiger partial charge in [-0.15, -0.1) is 0 Å². The van der Waals surface area contributed by atoms with E-state index in [9.17, 15) is 19.5 Å². The molecule has 1 aromatic rings. The lowest BCUT2D eigenvalue weighted by atomic mass is 9.92. The first kappa shape index (κ1) is 17.5. The SMILES string of the molecule is O=C(O)C1CCC(C(=O)O)N(C(=O)CCc2cccc(Br)c2)C1. The number of nitrogens with zero attached hydrogens (tertiary/aromatic N) is 1. The summed E-state index contributed by atoms with van der Waals surface area (Å²) in [5.41, 5.74) is 0.964. The molecule has 6 nitrogen and oxygen atoms in total. The number of aliphatic carboxylic acids is 2. The average Bonchev–Trinajstić information content (AvgIpc) is 2.52. The quantitative estimate of drug-likeness (QED) is 0.811. The third kappa shape index (κ3) is 4.54. The molecule has 2 atom stereocenters. The number of halogens is 1. The van der Waals surface area contributed by atoms with Crippen LogP contribution in [-0.2, 0) is 20.8 Å². The first-order valence-electron chi connectivity index (χ1n) is 7.38. The van der Waals surface area contributed by atoms with Gasteiger partial charge in [0.15, 0.2) is 0 Å². The van der Waals surface area contributed by atoms with Gasteiger partial charge in [0.2, 0.25) is 5.91 Å². The number of amides is 1. The van der Waals surface area contributed by atoms with E-state index < -0.39 is 23.9 Å². The van der Waals surface area contributed by atoms with E-state index in [1.807, 2.05) is 24.3 Å². The summed E-state index contributed by atoms with van der Waals surface area (Å²) in [4.78, 5) is 36.1. The molecule has 1 heterocycles. The number of carboxylic acids is 2. The van der Waals surface area contributed by atoms with Crippen molar-refractivity contribution >= 4 is 33.8 Å². The lowest BCUT2D eigenvalue weighted by Gasteiger charge is -2.36. The molecule has 0 aromatic heterocycles. The molecule has 1 aliphatic heterocycles. The third-order valence-corrected chi connectivity index (χ3v) is 4.55. The van der Waals surface area contributed by atoms with Crippen LogP contribution in [0.2, 0.25) is 0 Å². The van der Waals surface area contributed by atoms with Gasteiger partial charge in [0.25, 0.3) is 0 Å². The van der Waals surface area contributed by atoms with E-state index in [-0.39, 0.29) is 31.7 Å². The van der Waals surface area contributed by atoms with Crippen molar-refractivity contribution in [3.05, 3.63) is 34.3 Å². The van der Waals surface area contributed by atoms with Crippen LogP contribution in [0.5, 0.6) is 0 Å². The Morgan fingerprint density at radius 3 is 2.52 bits per heavy atom. The molecule has 23 heavy (non-hydrogen) atoms. The fourth-order valence-corrected chi connectivity index (χ4v) is 3.24. The molecule has 7 heteroatoms. The Morgan fingerprint density at radius 2 is 1.91 bits per heavy atom. The topological polar surface area (TPSA) is 94.9 Å². The zero-order valence-electron chi connectivity index (χ0n) is 12.4. The maximum absolute atomic E-state index is 12.4. The van der Waals surface area contributed by atoms with E-state index in [1.165, 1.54) is 4.90 Å². The highest BCUT2D eigenvalue weighted by molar-refractivity contribution is 9.10. The molecule has 1 saturated heterocycles. The van der Waals surface area contributed by atoms with Gasteiger partial charge in [-0.25, -0.2) is 4.79 Å². The minimum absolute atomic E-state index is 0.0381. The van der Waals surface area contributed by atoms with Crippen LogP contribution in [-0.4, -0.2) is 45.5 Å². The van der Waals surface area contributed by atoms with E-state index in [1.54, 1.807) is 0 Å². The van der Waals surface area contributed by atoms with Crippen LogP contribution in [0.15, 0.2) is 28.7 Å². The molecule has 1 aromatic carbocycles. The Balaban J connectivity index is 2.04. The Bertz CT molecular complexity index is 618. The number of carbonyl (C=O) groups excluding carboxylic acids is 1. The maximum Gasteiger partial charge on any atom is 0.326 e. The van der Waals surface area contributed by atoms with Crippen molar-refractivity contribution < 1.29 is 24.6 Å². The normalized spacial score (nSPS) is 21.0. The summed E-state index contributed by atoms with van der Waals surface area (Å²) in [7, 11) is 0. The van der Waals surface area contributed by atoms with E-state index in [0.29, 0.717) is 6.42 Å². The van der Waals surface area contributed by atoms with Crippen LogP contribution < -0.4 is 0 Å². The summed E-state index contributed by atoms with van der Waals surface area (Å²) in [5, 5.41) is 18.4. The van der Waals surface area contributed by atoms with Crippen molar-refractivity contribution in [2.45, 2.75) is 31.7 Å². The summed E-state index contributed by atoms with van der Waals surface area (Å²) in [6.45, 7) is -0.0381. The second-order valence-corrected chi connectivity index (χ2v) is 6.56. The number of carboxylic acid groups (broad SMARTS) is 2. The zero-order valence-corrected chi connectivity index (χ0v) is 14.0. The minimum Gasteiger partial charge on any atom is -0.481 e. The van der Waals surface area contributed by atoms with Gasteiger partial charge in [-0.05, 0) is 37.0 Å². The highest BCUT2D eigenvalue weighted by atomic mass is 79.9. The molecule has 0 aliphatic carbocycles. The Labute approximate surface area is 142 Å². The number of benzene rings is 1. The maximum atomic E-state index is 12.4. The van der Waals surface area contributed by atoms with E-state index >= 15 is 0 Å². The van der Waals surface area contributed by atoms with Crippen molar-refractivity contribution in [2.24, 2.45) is 5.92 Å². The standard InChI is InChI=1S/C16H18BrNO5/c17-12-3-1-2-10(8-12)4-7-14(19)18-9-11(15(20)21)5-6-13(18)16(22)23/h1-3,8,11,13H,4-7,9H2,(H,20,21)(H,22,23). The van der Waals surface area contributed by atoms with Gasteiger partial charge in [-0.3, -0.25) is 9.59 Å². The largest absolute Gasteiger partial charge is 0.481 e. The Kier molecular flexibility index (Phi) is 5.76. The van der Waals surface area contributed by atoms with Crippen molar-refractivity contribution in [2.75, 3.05) is 6.54 Å². The molecular weight excluding hydrogens is 366 g/mol. The number of rotatable bonds is 5. The number of piperidine rings is 1. The highest BCUT2D eigenvalue weighted by Gasteiger charge is 2.38. The van der Waals surface area contributed by atoms with Gasteiger partial charge >= 0.3 is 11.9 Å². The van der Waals surface area contributed by atoms with Crippen LogP contribution in [0.25, 0.3) is 0 Å². The molecule has 0 radical (unpaired) electrons. The molecule has 2 N–H and O–H groups in total. The van der Waals surface area contributed by atoms with Gasteiger partial charge < -0.3 is 15.1 Å². The molecule has 2 rings (SSSR count). The fourth-order valence-electron chi connectivity index (χ4n) is 2.79. The summed E-state index contributed by atoms with van der Waals surface area (Å²) in [5.74, 6) is -3.08. The van der Waals surface area contributed by atoms with E-state index in [4.69, 9.17) is 5.11 Å². The molecule has 1 fully saturated rings. The molecule has 0 saturated carbocycles. The second-order valence-electron chi connectivity index (χ2n) is 5.64. The molecule has 124 valence electrons. The van der Waals surface area contributed by atoms with Gasteiger partial charge in [0.05, 0.1) is 5.92 Å². The van der Waals surface area contributed by atoms with Crippen LogP contribution in [0.4, 0.5) is 0 Å². The molecule has 0 bridgehead atoms. The predicted molar refractivity (Wildman–Crippen MR) is 86.0 cm³/mol. The number of likely N-dealkylation sites (tertiary alicyclic amines) is 1. The van der Waals surface area contributed by atoms with Crippen LogP contribution in [0, 0.1) is 5.92 Å². The third-order valence-electron chi connectivity index (χ3n) is 4.05. The first-order chi connectivity index (χ1) is 10.9. The minimum atomic E-state index is -1.08. The Morgan fingerprint density at radius 1 is 1.17 bits per heavy atom. The molecule has 1 aliphatic rings. The van der Waals surface area contributed by atoms with Gasteiger partial charge in [0.1, 0.15) is 6.04 Å². The van der Waals surface area contributed by atoms with Gasteiger partial charge in [-0.2, -0.15) is 0 Å². The number of hydrogen-bond donors (Lipinski definition) is 2. The van der Waals surface area contributed by atoms with Crippen molar-refractivity contribution in [3.8, 4) is 0 Å². The Hall–Kier alpha value is -1.89. The van der Waals surface area contributed by atoms with Crippen molar-refractivity contribution in [1.82, 2.24) is 4.90 Å². The summed E-state index contributed by atoms with van der Waals surface area (Å²) in [6, 6.07) is 6.61. The van der Waals surface area contributed by atoms with E-state index in [0.717, 1.165) is 10.0 Å². The summed E-state index contributed by atoms with van der Waals surface area (Å²) < 4.78 is 0.912. The monoisotopic (exact) mass is 383 g/mol. The van der Waals surface area contributed by atoms with Crippen molar-refractivity contribution in [1.29, 1.82) is 0 Å². The van der Waals surface area contributed by atoms with Crippen molar-refractivity contribution in [3.63, 3.8) is 0 Å². The zero-order chi connectivity index (χ0) is 17.0. The average molecular weight is 384 g/mol. The van der Waals surface area contributed by atoms with Crippen LogP contribution >= 0.6 is 15.9 Å². The molecule has 1 amide bonds.